The lowest BCUT2D eigenvalue weighted by Crippen LogP contribution is -2.57. The number of halogens is 3. The van der Waals surface area contributed by atoms with Crippen LogP contribution in [0.2, 0.25) is 0 Å². The lowest BCUT2D eigenvalue weighted by Gasteiger charge is -2.51. The van der Waals surface area contributed by atoms with Gasteiger partial charge in [-0.1, -0.05) is 13.8 Å². The van der Waals surface area contributed by atoms with Crippen LogP contribution in [-0.4, -0.2) is 29.6 Å². The zero-order valence-electron chi connectivity index (χ0n) is 9.14. The minimum Gasteiger partial charge on any atom is -0.392 e. The Morgan fingerprint density at radius 3 is 2.40 bits per heavy atom. The number of hydrogen-bond donors (Lipinski definition) is 1. The summed E-state index contributed by atoms with van der Waals surface area (Å²) in [5, 5.41) is 9.49. The van der Waals surface area contributed by atoms with Crippen LogP contribution in [-0.2, 0) is 4.74 Å². The van der Waals surface area contributed by atoms with Crippen molar-refractivity contribution in [2.45, 2.75) is 58.1 Å². The maximum absolute atomic E-state index is 12.2. The Kier molecular flexibility index (Phi) is 3.36. The second-order valence-corrected chi connectivity index (χ2v) is 4.42. The van der Waals surface area contributed by atoms with E-state index in [2.05, 4.69) is 0 Å². The molecule has 0 bridgehead atoms. The van der Waals surface area contributed by atoms with E-state index >= 15 is 0 Å². The van der Waals surface area contributed by atoms with Crippen LogP contribution in [0.4, 0.5) is 13.2 Å². The smallest absolute Gasteiger partial charge is 0.392 e. The van der Waals surface area contributed by atoms with E-state index in [-0.39, 0.29) is 0 Å². The summed E-state index contributed by atoms with van der Waals surface area (Å²) in [6, 6.07) is 0. The molecule has 0 radical (unpaired) electrons. The molecule has 0 spiro atoms. The third kappa shape index (κ3) is 2.28. The first-order valence-corrected chi connectivity index (χ1v) is 5.12. The first-order chi connectivity index (χ1) is 6.71. The lowest BCUT2D eigenvalue weighted by molar-refractivity contribution is -0.273. The molecule has 0 aromatic heterocycles. The van der Waals surface area contributed by atoms with Crippen molar-refractivity contribution in [2.24, 2.45) is 5.41 Å². The number of aliphatic hydroxyl groups is 1. The van der Waals surface area contributed by atoms with Crippen LogP contribution < -0.4 is 0 Å². The minimum atomic E-state index is -4.32. The van der Waals surface area contributed by atoms with Gasteiger partial charge in [0.05, 0.1) is 12.2 Å². The Balaban J connectivity index is 2.55. The largest absolute Gasteiger partial charge is 0.414 e. The number of hydrogen-bond acceptors (Lipinski definition) is 2. The summed E-state index contributed by atoms with van der Waals surface area (Å²) in [7, 11) is 0. The molecule has 1 rings (SSSR count). The average molecular weight is 226 g/mol. The van der Waals surface area contributed by atoms with Crippen LogP contribution in [0, 0.1) is 5.41 Å². The molecule has 0 saturated heterocycles. The Bertz CT molecular complexity index is 229. The highest BCUT2D eigenvalue weighted by Crippen LogP contribution is 2.47. The highest BCUT2D eigenvalue weighted by Gasteiger charge is 2.53. The molecule has 1 aliphatic carbocycles. The number of alkyl halides is 3. The lowest BCUT2D eigenvalue weighted by atomic mass is 9.63. The zero-order valence-corrected chi connectivity index (χ0v) is 9.14. The van der Waals surface area contributed by atoms with Gasteiger partial charge in [-0.15, -0.1) is 0 Å². The standard InChI is InChI=1S/C10H17F3O2/c1-4-9(3)7(14)5-8(9)15-6(2)10(11,12)13/h6-8,14H,4-5H2,1-3H3. The van der Waals surface area contributed by atoms with Crippen LogP contribution in [0.3, 0.4) is 0 Å². The first kappa shape index (κ1) is 12.8. The molecule has 1 saturated carbocycles. The van der Waals surface area contributed by atoms with Gasteiger partial charge in [-0.3, -0.25) is 0 Å². The van der Waals surface area contributed by atoms with Gasteiger partial charge in [0, 0.05) is 11.8 Å². The molecule has 0 heterocycles. The minimum absolute atomic E-state index is 0.296. The van der Waals surface area contributed by atoms with E-state index in [1.54, 1.807) is 6.92 Å². The normalized spacial score (nSPS) is 38.6. The van der Waals surface area contributed by atoms with E-state index in [9.17, 15) is 18.3 Å². The summed E-state index contributed by atoms with van der Waals surface area (Å²) in [4.78, 5) is 0. The fourth-order valence-electron chi connectivity index (χ4n) is 1.79. The maximum atomic E-state index is 12.2. The Morgan fingerprint density at radius 1 is 1.53 bits per heavy atom. The quantitative estimate of drug-likeness (QED) is 0.801. The van der Waals surface area contributed by atoms with Crippen molar-refractivity contribution < 1.29 is 23.0 Å². The van der Waals surface area contributed by atoms with Gasteiger partial charge in [0.15, 0.2) is 6.10 Å². The fourth-order valence-corrected chi connectivity index (χ4v) is 1.79. The number of rotatable bonds is 3. The second kappa shape index (κ2) is 3.94. The van der Waals surface area contributed by atoms with Crippen molar-refractivity contribution >= 4 is 0 Å². The van der Waals surface area contributed by atoms with Gasteiger partial charge in [-0.2, -0.15) is 13.2 Å². The fraction of sp³-hybridized carbons (Fsp3) is 1.00. The van der Waals surface area contributed by atoms with Crippen molar-refractivity contribution in [1.29, 1.82) is 0 Å². The average Bonchev–Trinajstić information content (AvgIpc) is 2.14. The van der Waals surface area contributed by atoms with Crippen LogP contribution in [0.5, 0.6) is 0 Å². The SMILES string of the molecule is CCC1(C)C(O)CC1OC(C)C(F)(F)F. The highest BCUT2D eigenvalue weighted by atomic mass is 19.4. The Morgan fingerprint density at radius 2 is 2.07 bits per heavy atom. The molecule has 0 aromatic carbocycles. The summed E-state index contributed by atoms with van der Waals surface area (Å²) in [5.74, 6) is 0. The molecule has 1 aliphatic rings. The van der Waals surface area contributed by atoms with E-state index < -0.39 is 29.9 Å². The van der Waals surface area contributed by atoms with E-state index in [0.717, 1.165) is 6.92 Å². The molecule has 0 amide bonds. The third-order valence-corrected chi connectivity index (χ3v) is 3.53. The molecule has 2 nitrogen and oxygen atoms in total. The third-order valence-electron chi connectivity index (χ3n) is 3.53. The van der Waals surface area contributed by atoms with Crippen molar-refractivity contribution in [3.8, 4) is 0 Å². The van der Waals surface area contributed by atoms with Crippen molar-refractivity contribution in [2.75, 3.05) is 0 Å². The molecule has 4 unspecified atom stereocenters. The topological polar surface area (TPSA) is 29.5 Å². The first-order valence-electron chi connectivity index (χ1n) is 5.12. The molecular formula is C10H17F3O2. The van der Waals surface area contributed by atoms with Crippen LogP contribution in [0.1, 0.15) is 33.6 Å². The van der Waals surface area contributed by atoms with Crippen molar-refractivity contribution in [1.82, 2.24) is 0 Å². The molecule has 15 heavy (non-hydrogen) atoms. The zero-order chi connectivity index (χ0) is 11.9. The predicted octanol–water partition coefficient (Wildman–Crippen LogP) is 2.50. The molecule has 0 aliphatic heterocycles. The van der Waals surface area contributed by atoms with Crippen molar-refractivity contribution in [3.05, 3.63) is 0 Å². The predicted molar refractivity (Wildman–Crippen MR) is 49.4 cm³/mol. The van der Waals surface area contributed by atoms with Crippen LogP contribution >= 0.6 is 0 Å². The number of ether oxygens (including phenoxy) is 1. The highest BCUT2D eigenvalue weighted by molar-refractivity contribution is 5.00. The van der Waals surface area contributed by atoms with Crippen LogP contribution in [0.15, 0.2) is 0 Å². The summed E-state index contributed by atoms with van der Waals surface area (Å²) < 4.78 is 41.6. The summed E-state index contributed by atoms with van der Waals surface area (Å²) in [5.41, 5.74) is -0.528. The molecule has 5 heteroatoms. The molecular weight excluding hydrogens is 209 g/mol. The van der Waals surface area contributed by atoms with Crippen molar-refractivity contribution in [3.63, 3.8) is 0 Å². The number of aliphatic hydroxyl groups excluding tert-OH is 1. The summed E-state index contributed by atoms with van der Waals surface area (Å²) in [6.07, 6.45) is -6.22. The van der Waals surface area contributed by atoms with Gasteiger partial charge in [0.25, 0.3) is 0 Å². The molecule has 1 N–H and O–H groups in total. The van der Waals surface area contributed by atoms with Crippen LogP contribution in [0.25, 0.3) is 0 Å². The maximum Gasteiger partial charge on any atom is 0.414 e. The Hall–Kier alpha value is -0.290. The molecule has 0 aromatic rings. The van der Waals surface area contributed by atoms with E-state index in [1.165, 1.54) is 0 Å². The Labute approximate surface area is 87.4 Å². The summed E-state index contributed by atoms with van der Waals surface area (Å²) in [6.45, 7) is 4.60. The molecule has 4 atom stereocenters. The van der Waals surface area contributed by atoms with Gasteiger partial charge < -0.3 is 9.84 Å². The summed E-state index contributed by atoms with van der Waals surface area (Å²) >= 11 is 0. The van der Waals surface area contributed by atoms with Gasteiger partial charge >= 0.3 is 6.18 Å². The van der Waals surface area contributed by atoms with E-state index in [0.29, 0.717) is 12.8 Å². The van der Waals surface area contributed by atoms with Gasteiger partial charge in [0.1, 0.15) is 0 Å². The van der Waals surface area contributed by atoms with E-state index in [4.69, 9.17) is 4.74 Å². The second-order valence-electron chi connectivity index (χ2n) is 4.42. The van der Waals surface area contributed by atoms with E-state index in [1.807, 2.05) is 6.92 Å². The van der Waals surface area contributed by atoms with Gasteiger partial charge in [0.2, 0.25) is 0 Å². The van der Waals surface area contributed by atoms with Gasteiger partial charge in [-0.25, -0.2) is 0 Å². The van der Waals surface area contributed by atoms with Gasteiger partial charge in [-0.05, 0) is 13.3 Å². The molecule has 1 fully saturated rings. The molecule has 90 valence electrons. The monoisotopic (exact) mass is 226 g/mol.